The van der Waals surface area contributed by atoms with Gasteiger partial charge in [0.15, 0.2) is 0 Å². The Balaban J connectivity index is 2.11. The lowest BCUT2D eigenvalue weighted by atomic mass is 10.1. The van der Waals surface area contributed by atoms with Gasteiger partial charge in [-0.05, 0) is 24.8 Å². The maximum atomic E-state index is 11.6. The van der Waals surface area contributed by atoms with Gasteiger partial charge >= 0.3 is 0 Å². The molecule has 0 aliphatic carbocycles. The number of nitrogens with zero attached hydrogens (tertiary/aromatic N) is 1. The number of amides is 1. The molecule has 1 saturated heterocycles. The normalized spacial score (nSPS) is 22.1. The Labute approximate surface area is 75.8 Å². The van der Waals surface area contributed by atoms with Gasteiger partial charge in [-0.15, -0.1) is 11.3 Å². The maximum Gasteiger partial charge on any atom is 0.264 e. The second-order valence-corrected chi connectivity index (χ2v) is 4.06. The summed E-state index contributed by atoms with van der Waals surface area (Å²) in [5.41, 5.74) is 0. The van der Waals surface area contributed by atoms with Crippen molar-refractivity contribution in [3.8, 4) is 0 Å². The van der Waals surface area contributed by atoms with E-state index < -0.39 is 0 Å². The van der Waals surface area contributed by atoms with Gasteiger partial charge in [-0.1, -0.05) is 6.07 Å². The van der Waals surface area contributed by atoms with Gasteiger partial charge in [0.1, 0.15) is 0 Å². The molecular weight excluding hydrogens is 170 g/mol. The third-order valence-electron chi connectivity index (χ3n) is 2.31. The Hall–Kier alpha value is -0.830. The summed E-state index contributed by atoms with van der Waals surface area (Å²) >= 11 is 1.52. The van der Waals surface area contributed by atoms with Crippen molar-refractivity contribution < 1.29 is 4.79 Å². The number of carbonyl (C=O) groups excluding carboxylic acids is 1. The molecule has 2 heterocycles. The highest BCUT2D eigenvalue weighted by Gasteiger charge is 2.29. The second kappa shape index (κ2) is 2.90. The molecule has 0 saturated carbocycles. The molecule has 64 valence electrons. The lowest BCUT2D eigenvalue weighted by Gasteiger charge is -2.38. The highest BCUT2D eigenvalue weighted by molar-refractivity contribution is 7.12. The molecule has 2 nitrogen and oxygen atoms in total. The molecule has 1 unspecified atom stereocenters. The van der Waals surface area contributed by atoms with E-state index in [1.54, 1.807) is 0 Å². The van der Waals surface area contributed by atoms with Crippen LogP contribution in [-0.2, 0) is 0 Å². The quantitative estimate of drug-likeness (QED) is 0.648. The van der Waals surface area contributed by atoms with E-state index in [-0.39, 0.29) is 5.91 Å². The molecule has 0 N–H and O–H groups in total. The van der Waals surface area contributed by atoms with Crippen LogP contribution in [0.1, 0.15) is 23.0 Å². The molecule has 12 heavy (non-hydrogen) atoms. The van der Waals surface area contributed by atoms with Gasteiger partial charge in [0.2, 0.25) is 0 Å². The third kappa shape index (κ3) is 1.14. The van der Waals surface area contributed by atoms with Gasteiger partial charge in [0, 0.05) is 12.6 Å². The zero-order chi connectivity index (χ0) is 8.55. The fourth-order valence-corrected chi connectivity index (χ4v) is 2.04. The largest absolute Gasteiger partial charge is 0.335 e. The standard InChI is InChI=1S/C9H11NOS/c1-7-4-5-10(7)9(11)8-3-2-6-12-8/h2-3,6-7H,4-5H2,1H3. The van der Waals surface area contributed by atoms with Gasteiger partial charge in [0.25, 0.3) is 5.91 Å². The van der Waals surface area contributed by atoms with E-state index >= 15 is 0 Å². The van der Waals surface area contributed by atoms with E-state index in [1.807, 2.05) is 22.4 Å². The summed E-state index contributed by atoms with van der Waals surface area (Å²) in [6.07, 6.45) is 1.15. The fraction of sp³-hybridized carbons (Fsp3) is 0.444. The molecule has 1 aromatic heterocycles. The molecule has 1 aliphatic rings. The lowest BCUT2D eigenvalue weighted by molar-refractivity contribution is 0.0507. The summed E-state index contributed by atoms with van der Waals surface area (Å²) in [5.74, 6) is 0.198. The molecule has 0 radical (unpaired) electrons. The average molecular weight is 181 g/mol. The van der Waals surface area contributed by atoms with Crippen LogP contribution in [0.4, 0.5) is 0 Å². The maximum absolute atomic E-state index is 11.6. The fourth-order valence-electron chi connectivity index (χ4n) is 1.36. The van der Waals surface area contributed by atoms with E-state index in [4.69, 9.17) is 0 Å². The van der Waals surface area contributed by atoms with Crippen LogP contribution in [-0.4, -0.2) is 23.4 Å². The van der Waals surface area contributed by atoms with Crippen molar-refractivity contribution in [2.24, 2.45) is 0 Å². The molecule has 1 fully saturated rings. The van der Waals surface area contributed by atoms with Crippen molar-refractivity contribution >= 4 is 17.2 Å². The summed E-state index contributed by atoms with van der Waals surface area (Å²) in [6.45, 7) is 3.02. The molecule has 1 amide bonds. The first-order chi connectivity index (χ1) is 5.79. The molecule has 0 spiro atoms. The van der Waals surface area contributed by atoms with Gasteiger partial charge in [-0.3, -0.25) is 4.79 Å². The van der Waals surface area contributed by atoms with Crippen molar-refractivity contribution in [2.45, 2.75) is 19.4 Å². The number of likely N-dealkylation sites (tertiary alicyclic amines) is 1. The Bertz CT molecular complexity index is 281. The minimum absolute atomic E-state index is 0.198. The second-order valence-electron chi connectivity index (χ2n) is 3.11. The van der Waals surface area contributed by atoms with E-state index in [2.05, 4.69) is 6.92 Å². The minimum Gasteiger partial charge on any atom is -0.335 e. The lowest BCUT2D eigenvalue weighted by Crippen LogP contribution is -2.49. The van der Waals surface area contributed by atoms with Crippen molar-refractivity contribution in [3.05, 3.63) is 22.4 Å². The van der Waals surface area contributed by atoms with Crippen molar-refractivity contribution in [1.29, 1.82) is 0 Å². The van der Waals surface area contributed by atoms with Crippen LogP contribution in [0.15, 0.2) is 17.5 Å². The Morgan fingerprint density at radius 1 is 1.75 bits per heavy atom. The van der Waals surface area contributed by atoms with Crippen LogP contribution in [0.3, 0.4) is 0 Å². The van der Waals surface area contributed by atoms with Crippen LogP contribution >= 0.6 is 11.3 Å². The minimum atomic E-state index is 0.198. The van der Waals surface area contributed by atoms with E-state index in [0.717, 1.165) is 17.8 Å². The van der Waals surface area contributed by atoms with Crippen molar-refractivity contribution in [1.82, 2.24) is 4.90 Å². The van der Waals surface area contributed by atoms with Crippen LogP contribution in [0, 0.1) is 0 Å². The predicted molar refractivity (Wildman–Crippen MR) is 49.4 cm³/mol. The van der Waals surface area contributed by atoms with Crippen molar-refractivity contribution in [2.75, 3.05) is 6.54 Å². The third-order valence-corrected chi connectivity index (χ3v) is 3.17. The zero-order valence-corrected chi connectivity index (χ0v) is 7.80. The topological polar surface area (TPSA) is 20.3 Å². The summed E-state index contributed by atoms with van der Waals surface area (Å²) < 4.78 is 0. The molecule has 0 aromatic carbocycles. The van der Waals surface area contributed by atoms with Crippen LogP contribution in [0.5, 0.6) is 0 Å². The molecular formula is C9H11NOS. The first kappa shape index (κ1) is 7.80. The monoisotopic (exact) mass is 181 g/mol. The number of carbonyl (C=O) groups is 1. The Morgan fingerprint density at radius 3 is 3.00 bits per heavy atom. The summed E-state index contributed by atoms with van der Waals surface area (Å²) in [4.78, 5) is 14.4. The summed E-state index contributed by atoms with van der Waals surface area (Å²) in [7, 11) is 0. The highest BCUT2D eigenvalue weighted by Crippen LogP contribution is 2.21. The van der Waals surface area contributed by atoms with E-state index in [1.165, 1.54) is 11.3 Å². The van der Waals surface area contributed by atoms with Gasteiger partial charge < -0.3 is 4.90 Å². The van der Waals surface area contributed by atoms with Crippen LogP contribution < -0.4 is 0 Å². The number of thiophene rings is 1. The van der Waals surface area contributed by atoms with Crippen LogP contribution in [0.25, 0.3) is 0 Å². The van der Waals surface area contributed by atoms with Crippen LogP contribution in [0.2, 0.25) is 0 Å². The highest BCUT2D eigenvalue weighted by atomic mass is 32.1. The molecule has 3 heteroatoms. The Kier molecular flexibility index (Phi) is 1.89. The van der Waals surface area contributed by atoms with E-state index in [9.17, 15) is 4.79 Å². The predicted octanol–water partition coefficient (Wildman–Crippen LogP) is 1.98. The smallest absolute Gasteiger partial charge is 0.264 e. The Morgan fingerprint density at radius 2 is 2.58 bits per heavy atom. The molecule has 1 atom stereocenters. The number of hydrogen-bond acceptors (Lipinski definition) is 2. The van der Waals surface area contributed by atoms with E-state index in [0.29, 0.717) is 6.04 Å². The SMILES string of the molecule is CC1CCN1C(=O)c1cccs1. The average Bonchev–Trinajstić information content (AvgIpc) is 2.53. The van der Waals surface area contributed by atoms with Gasteiger partial charge in [0.05, 0.1) is 4.88 Å². The van der Waals surface area contributed by atoms with Gasteiger partial charge in [-0.25, -0.2) is 0 Å². The molecule has 1 aliphatic heterocycles. The first-order valence-electron chi connectivity index (χ1n) is 4.13. The van der Waals surface area contributed by atoms with Crippen molar-refractivity contribution in [3.63, 3.8) is 0 Å². The first-order valence-corrected chi connectivity index (χ1v) is 5.01. The zero-order valence-electron chi connectivity index (χ0n) is 6.99. The molecule has 0 bridgehead atoms. The molecule has 2 rings (SSSR count). The number of hydrogen-bond donors (Lipinski definition) is 0. The summed E-state index contributed by atoms with van der Waals surface area (Å²) in [5, 5.41) is 1.94. The summed E-state index contributed by atoms with van der Waals surface area (Å²) in [6, 6.07) is 4.25. The molecule has 1 aromatic rings. The van der Waals surface area contributed by atoms with Gasteiger partial charge in [-0.2, -0.15) is 0 Å². The number of rotatable bonds is 1.